The first-order valence-corrected chi connectivity index (χ1v) is 9.41. The van der Waals surface area contributed by atoms with Gasteiger partial charge in [-0.05, 0) is 45.4 Å². The minimum atomic E-state index is -3.90. The van der Waals surface area contributed by atoms with Crippen molar-refractivity contribution in [2.45, 2.75) is 50.3 Å². The zero-order chi connectivity index (χ0) is 19.5. The summed E-state index contributed by atoms with van der Waals surface area (Å²) in [6, 6.07) is 4.30. The molecule has 1 aromatic carbocycles. The molecule has 1 heterocycles. The van der Waals surface area contributed by atoms with Crippen molar-refractivity contribution in [2.24, 2.45) is 0 Å². The third-order valence-electron chi connectivity index (χ3n) is 3.06. The second-order valence-electron chi connectivity index (χ2n) is 6.66. The van der Waals surface area contributed by atoms with Crippen LogP contribution < -0.4 is 5.32 Å². The number of sulfone groups is 1. The van der Waals surface area contributed by atoms with Gasteiger partial charge in [0.05, 0.1) is 5.75 Å². The molecule has 0 unspecified atom stereocenters. The Bertz CT molecular complexity index is 872. The fourth-order valence-electron chi connectivity index (χ4n) is 1.93. The van der Waals surface area contributed by atoms with Crippen molar-refractivity contribution in [1.82, 2.24) is 15.5 Å². The smallest absolute Gasteiger partial charge is 0.408 e. The summed E-state index contributed by atoms with van der Waals surface area (Å²) in [6.45, 7) is 6.69. The van der Waals surface area contributed by atoms with Gasteiger partial charge in [-0.3, -0.25) is 0 Å². The highest BCUT2D eigenvalue weighted by Gasteiger charge is 2.26. The zero-order valence-electron chi connectivity index (χ0n) is 14.8. The van der Waals surface area contributed by atoms with Gasteiger partial charge in [-0.15, -0.1) is 5.10 Å². The average Bonchev–Trinajstić information content (AvgIpc) is 2.98. The molecular formula is C16H20FN3O5S. The second-order valence-corrected chi connectivity index (χ2v) is 8.53. The summed E-state index contributed by atoms with van der Waals surface area (Å²) in [5, 5.41) is 9.10. The molecule has 0 fully saturated rings. The minimum absolute atomic E-state index is 0.0754. The third kappa shape index (κ3) is 5.51. The minimum Gasteiger partial charge on any atom is -0.444 e. The number of alkyl carbamates (subject to hydrolysis) is 1. The second kappa shape index (κ2) is 7.40. The lowest BCUT2D eigenvalue weighted by Crippen LogP contribution is -2.34. The molecule has 0 aliphatic rings. The van der Waals surface area contributed by atoms with Gasteiger partial charge in [-0.2, -0.15) is 0 Å². The number of carbonyl (C=O) groups excluding carboxylic acids is 1. The van der Waals surface area contributed by atoms with Crippen LogP contribution in [0.25, 0.3) is 0 Å². The molecule has 0 bridgehead atoms. The van der Waals surface area contributed by atoms with Gasteiger partial charge in [0.25, 0.3) is 0 Å². The molecule has 1 amide bonds. The molecule has 0 spiro atoms. The average molecular weight is 385 g/mol. The quantitative estimate of drug-likeness (QED) is 0.842. The molecular weight excluding hydrogens is 365 g/mol. The van der Waals surface area contributed by atoms with Crippen LogP contribution in [-0.2, 0) is 20.3 Å². The van der Waals surface area contributed by atoms with Crippen LogP contribution in [0.15, 0.2) is 33.9 Å². The van der Waals surface area contributed by atoms with Crippen molar-refractivity contribution in [3.63, 3.8) is 0 Å². The van der Waals surface area contributed by atoms with E-state index < -0.39 is 44.4 Å². The number of hydrogen-bond acceptors (Lipinski definition) is 7. The number of nitrogens with zero attached hydrogens (tertiary/aromatic N) is 2. The number of amides is 1. The van der Waals surface area contributed by atoms with Crippen LogP contribution in [0.2, 0.25) is 0 Å². The number of halogens is 1. The Labute approximate surface area is 150 Å². The van der Waals surface area contributed by atoms with Crippen molar-refractivity contribution in [3.8, 4) is 0 Å². The molecule has 1 N–H and O–H groups in total. The molecule has 10 heteroatoms. The number of rotatable bonds is 5. The summed E-state index contributed by atoms with van der Waals surface area (Å²) in [5.41, 5.74) is -0.298. The summed E-state index contributed by atoms with van der Waals surface area (Å²) in [6.07, 6.45) is -0.695. The maximum Gasteiger partial charge on any atom is 0.408 e. The highest BCUT2D eigenvalue weighted by atomic mass is 32.2. The molecule has 0 aliphatic heterocycles. The van der Waals surface area contributed by atoms with E-state index in [-0.39, 0.29) is 5.89 Å². The molecule has 8 nitrogen and oxygen atoms in total. The summed E-state index contributed by atoms with van der Waals surface area (Å²) in [4.78, 5) is 11.7. The highest BCUT2D eigenvalue weighted by Crippen LogP contribution is 2.19. The monoisotopic (exact) mass is 385 g/mol. The van der Waals surface area contributed by atoms with Crippen LogP contribution in [0.5, 0.6) is 0 Å². The van der Waals surface area contributed by atoms with E-state index in [0.29, 0.717) is 5.56 Å². The topological polar surface area (TPSA) is 111 Å². The van der Waals surface area contributed by atoms with Crippen LogP contribution in [0, 0.1) is 5.82 Å². The van der Waals surface area contributed by atoms with Crippen LogP contribution in [0.1, 0.15) is 45.2 Å². The summed E-state index contributed by atoms with van der Waals surface area (Å²) in [7, 11) is -3.90. The van der Waals surface area contributed by atoms with E-state index in [4.69, 9.17) is 9.15 Å². The lowest BCUT2D eigenvalue weighted by molar-refractivity contribution is 0.0500. The van der Waals surface area contributed by atoms with E-state index in [1.807, 2.05) is 0 Å². The highest BCUT2D eigenvalue weighted by molar-refractivity contribution is 7.90. The first-order valence-electron chi connectivity index (χ1n) is 7.76. The summed E-state index contributed by atoms with van der Waals surface area (Å²) in [5.74, 6) is -0.954. The van der Waals surface area contributed by atoms with Crippen LogP contribution >= 0.6 is 0 Å². The third-order valence-corrected chi connectivity index (χ3v) is 4.47. The van der Waals surface area contributed by atoms with Crippen molar-refractivity contribution in [2.75, 3.05) is 0 Å². The predicted octanol–water partition coefficient (Wildman–Crippen LogP) is 2.77. The molecule has 142 valence electrons. The zero-order valence-corrected chi connectivity index (χ0v) is 15.6. The van der Waals surface area contributed by atoms with Gasteiger partial charge in [0.2, 0.25) is 15.7 Å². The van der Waals surface area contributed by atoms with Crippen molar-refractivity contribution >= 4 is 15.9 Å². The Balaban J connectivity index is 2.07. The fraction of sp³-hybridized carbons (Fsp3) is 0.438. The Morgan fingerprint density at radius 2 is 1.88 bits per heavy atom. The molecule has 2 aromatic rings. The predicted molar refractivity (Wildman–Crippen MR) is 89.4 cm³/mol. The van der Waals surface area contributed by atoms with Crippen LogP contribution in [-0.4, -0.2) is 30.3 Å². The number of carbonyl (C=O) groups is 1. The SMILES string of the molecule is C[C@H](NC(=O)OC(C)(C)C)c1nnc(S(=O)(=O)Cc2ccc(F)cc2)o1. The van der Waals surface area contributed by atoms with Gasteiger partial charge in [0.1, 0.15) is 17.5 Å². The van der Waals surface area contributed by atoms with Crippen molar-refractivity contribution in [3.05, 3.63) is 41.5 Å². The molecule has 0 saturated heterocycles. The fourth-order valence-corrected chi connectivity index (χ4v) is 3.06. The van der Waals surface area contributed by atoms with E-state index in [1.54, 1.807) is 27.7 Å². The number of benzene rings is 1. The van der Waals surface area contributed by atoms with E-state index in [0.717, 1.165) is 12.1 Å². The molecule has 2 rings (SSSR count). The van der Waals surface area contributed by atoms with Gasteiger partial charge in [-0.1, -0.05) is 17.2 Å². The standard InChI is InChI=1S/C16H20FN3O5S/c1-10(18-14(21)25-16(2,3)4)13-19-20-15(24-13)26(22,23)9-11-5-7-12(17)8-6-11/h5-8,10H,9H2,1-4H3,(H,18,21)/t10-/m0/s1. The lowest BCUT2D eigenvalue weighted by Gasteiger charge is -2.20. The molecule has 1 aromatic heterocycles. The number of nitrogens with one attached hydrogen (secondary N) is 1. The van der Waals surface area contributed by atoms with Gasteiger partial charge >= 0.3 is 11.3 Å². The maximum atomic E-state index is 12.9. The number of hydrogen-bond donors (Lipinski definition) is 1. The summed E-state index contributed by atoms with van der Waals surface area (Å²) < 4.78 is 47.9. The first-order chi connectivity index (χ1) is 12.0. The van der Waals surface area contributed by atoms with Gasteiger partial charge in [-0.25, -0.2) is 17.6 Å². The molecule has 26 heavy (non-hydrogen) atoms. The van der Waals surface area contributed by atoms with Crippen molar-refractivity contribution in [1.29, 1.82) is 0 Å². The maximum absolute atomic E-state index is 12.9. The normalized spacial score (nSPS) is 13.3. The number of ether oxygens (including phenoxy) is 1. The first kappa shape index (κ1) is 19.8. The Kier molecular flexibility index (Phi) is 5.65. The molecule has 0 saturated carbocycles. The van der Waals surface area contributed by atoms with Gasteiger partial charge < -0.3 is 14.5 Å². The Morgan fingerprint density at radius 1 is 1.27 bits per heavy atom. The summed E-state index contributed by atoms with van der Waals surface area (Å²) >= 11 is 0. The van der Waals surface area contributed by atoms with E-state index >= 15 is 0 Å². The Hall–Kier alpha value is -2.49. The number of aromatic nitrogens is 2. The van der Waals surface area contributed by atoms with Crippen molar-refractivity contribution < 1.29 is 26.8 Å². The largest absolute Gasteiger partial charge is 0.444 e. The molecule has 0 radical (unpaired) electrons. The molecule has 0 aliphatic carbocycles. The van der Waals surface area contributed by atoms with Crippen LogP contribution in [0.3, 0.4) is 0 Å². The van der Waals surface area contributed by atoms with E-state index in [9.17, 15) is 17.6 Å². The van der Waals surface area contributed by atoms with E-state index in [2.05, 4.69) is 15.5 Å². The lowest BCUT2D eigenvalue weighted by atomic mass is 10.2. The Morgan fingerprint density at radius 3 is 2.46 bits per heavy atom. The van der Waals surface area contributed by atoms with Gasteiger partial charge in [0.15, 0.2) is 0 Å². The van der Waals surface area contributed by atoms with Gasteiger partial charge in [0, 0.05) is 0 Å². The van der Waals surface area contributed by atoms with Crippen LogP contribution in [0.4, 0.5) is 9.18 Å². The van der Waals surface area contributed by atoms with E-state index in [1.165, 1.54) is 12.1 Å². The molecule has 1 atom stereocenters.